The van der Waals surface area contributed by atoms with Crippen LogP contribution in [0.3, 0.4) is 0 Å². The van der Waals surface area contributed by atoms with Crippen molar-refractivity contribution in [3.05, 3.63) is 47.5 Å². The summed E-state index contributed by atoms with van der Waals surface area (Å²) in [5.41, 5.74) is 3.00. The quantitative estimate of drug-likeness (QED) is 0.694. The molecule has 2 rings (SSSR count). The van der Waals surface area contributed by atoms with E-state index >= 15 is 0 Å². The fraction of sp³-hybridized carbons (Fsp3) is 0.600. The van der Waals surface area contributed by atoms with Gasteiger partial charge in [0.1, 0.15) is 0 Å². The third kappa shape index (κ3) is 5.32. The number of nitrogens with one attached hydrogen (secondary N) is 1. The van der Waals surface area contributed by atoms with Crippen LogP contribution in [-0.2, 0) is 0 Å². The highest BCUT2D eigenvalue weighted by molar-refractivity contribution is 5.19. The van der Waals surface area contributed by atoms with Crippen molar-refractivity contribution in [2.45, 2.75) is 53.0 Å². The van der Waals surface area contributed by atoms with E-state index < -0.39 is 0 Å². The standard InChI is InChI=1S/C20H31N/c1-15(2)10-20(19-8-6-5-7-9-19)21-14-18-12-16(3)11-17(4)13-18/h5-9,11,15-16,18,20-21H,10,12-14H2,1-4H3. The molecule has 0 fully saturated rings. The Kier molecular flexibility index (Phi) is 6.05. The summed E-state index contributed by atoms with van der Waals surface area (Å²) in [4.78, 5) is 0. The zero-order valence-electron chi connectivity index (χ0n) is 14.1. The van der Waals surface area contributed by atoms with Crippen molar-refractivity contribution in [1.82, 2.24) is 5.32 Å². The van der Waals surface area contributed by atoms with Crippen LogP contribution in [0.2, 0.25) is 0 Å². The molecule has 0 saturated heterocycles. The smallest absolute Gasteiger partial charge is 0.0322 e. The number of rotatable bonds is 6. The van der Waals surface area contributed by atoms with Crippen molar-refractivity contribution in [3.63, 3.8) is 0 Å². The Morgan fingerprint density at radius 1 is 1.19 bits per heavy atom. The summed E-state index contributed by atoms with van der Waals surface area (Å²) in [7, 11) is 0. The van der Waals surface area contributed by atoms with Gasteiger partial charge in [0.25, 0.3) is 0 Å². The maximum Gasteiger partial charge on any atom is 0.0322 e. The van der Waals surface area contributed by atoms with Crippen LogP contribution in [0.25, 0.3) is 0 Å². The Hall–Kier alpha value is -1.08. The number of hydrogen-bond acceptors (Lipinski definition) is 1. The molecule has 116 valence electrons. The van der Waals surface area contributed by atoms with Gasteiger partial charge in [0, 0.05) is 6.04 Å². The lowest BCUT2D eigenvalue weighted by Gasteiger charge is -2.29. The number of benzene rings is 1. The molecular weight excluding hydrogens is 254 g/mol. The molecule has 0 heterocycles. The first-order valence-corrected chi connectivity index (χ1v) is 8.50. The number of allylic oxidation sites excluding steroid dienone is 2. The van der Waals surface area contributed by atoms with Crippen LogP contribution in [0.5, 0.6) is 0 Å². The first kappa shape index (κ1) is 16.3. The lowest BCUT2D eigenvalue weighted by Crippen LogP contribution is -2.30. The first-order chi connectivity index (χ1) is 10.0. The molecule has 1 aromatic carbocycles. The van der Waals surface area contributed by atoms with Gasteiger partial charge in [-0.05, 0) is 56.0 Å². The number of hydrogen-bond donors (Lipinski definition) is 1. The zero-order chi connectivity index (χ0) is 15.2. The summed E-state index contributed by atoms with van der Waals surface area (Å²) in [5.74, 6) is 2.25. The van der Waals surface area contributed by atoms with Crippen molar-refractivity contribution in [2.75, 3.05) is 6.54 Å². The predicted octanol–water partition coefficient (Wildman–Crippen LogP) is 5.36. The SMILES string of the molecule is CC1=CC(C)CC(CNC(CC(C)C)c2ccccc2)C1. The highest BCUT2D eigenvalue weighted by Crippen LogP contribution is 2.28. The second-order valence-corrected chi connectivity index (χ2v) is 7.30. The minimum atomic E-state index is 0.493. The second kappa shape index (κ2) is 7.79. The summed E-state index contributed by atoms with van der Waals surface area (Å²) in [5, 5.41) is 3.85. The Bertz CT molecular complexity index is 446. The molecule has 0 spiro atoms. The highest BCUT2D eigenvalue weighted by atomic mass is 14.9. The molecule has 0 aliphatic heterocycles. The summed E-state index contributed by atoms with van der Waals surface area (Å²) >= 11 is 0. The average molecular weight is 285 g/mol. The molecule has 0 bridgehead atoms. The molecule has 1 aliphatic carbocycles. The normalized spacial score (nSPS) is 24.0. The molecule has 1 N–H and O–H groups in total. The summed E-state index contributed by atoms with van der Waals surface area (Å²) < 4.78 is 0. The lowest BCUT2D eigenvalue weighted by molar-refractivity contribution is 0.341. The van der Waals surface area contributed by atoms with Crippen LogP contribution in [0.4, 0.5) is 0 Å². The minimum absolute atomic E-state index is 0.493. The molecule has 21 heavy (non-hydrogen) atoms. The van der Waals surface area contributed by atoms with Crippen LogP contribution in [-0.4, -0.2) is 6.54 Å². The Morgan fingerprint density at radius 3 is 2.52 bits per heavy atom. The van der Waals surface area contributed by atoms with Gasteiger partial charge in [0.2, 0.25) is 0 Å². The van der Waals surface area contributed by atoms with Gasteiger partial charge >= 0.3 is 0 Å². The van der Waals surface area contributed by atoms with Gasteiger partial charge in [-0.1, -0.05) is 62.8 Å². The van der Waals surface area contributed by atoms with Crippen LogP contribution in [0, 0.1) is 17.8 Å². The summed E-state index contributed by atoms with van der Waals surface area (Å²) in [6, 6.07) is 11.4. The molecule has 0 aromatic heterocycles. The van der Waals surface area contributed by atoms with Gasteiger partial charge in [-0.2, -0.15) is 0 Å². The molecule has 0 amide bonds. The fourth-order valence-corrected chi connectivity index (χ4v) is 3.64. The van der Waals surface area contributed by atoms with E-state index in [9.17, 15) is 0 Å². The van der Waals surface area contributed by atoms with Crippen LogP contribution in [0.1, 0.15) is 58.6 Å². The van der Waals surface area contributed by atoms with Gasteiger partial charge in [-0.15, -0.1) is 0 Å². The third-order valence-electron chi connectivity index (χ3n) is 4.45. The molecule has 0 radical (unpaired) electrons. The van der Waals surface area contributed by atoms with Gasteiger partial charge < -0.3 is 5.32 Å². The van der Waals surface area contributed by atoms with E-state index in [1.165, 1.54) is 24.8 Å². The van der Waals surface area contributed by atoms with E-state index in [0.717, 1.165) is 24.3 Å². The van der Waals surface area contributed by atoms with Crippen LogP contribution >= 0.6 is 0 Å². The van der Waals surface area contributed by atoms with Crippen molar-refractivity contribution in [1.29, 1.82) is 0 Å². The third-order valence-corrected chi connectivity index (χ3v) is 4.45. The average Bonchev–Trinajstić information content (AvgIpc) is 2.43. The monoisotopic (exact) mass is 285 g/mol. The van der Waals surface area contributed by atoms with Crippen LogP contribution < -0.4 is 5.32 Å². The van der Waals surface area contributed by atoms with Crippen molar-refractivity contribution in [2.24, 2.45) is 17.8 Å². The Balaban J connectivity index is 1.95. The molecule has 0 saturated carbocycles. The summed E-state index contributed by atoms with van der Waals surface area (Å²) in [6.45, 7) is 10.4. The van der Waals surface area contributed by atoms with E-state index in [0.29, 0.717) is 6.04 Å². The largest absolute Gasteiger partial charge is 0.310 e. The highest BCUT2D eigenvalue weighted by Gasteiger charge is 2.20. The molecule has 3 atom stereocenters. The molecule has 1 heteroatoms. The van der Waals surface area contributed by atoms with E-state index in [1.54, 1.807) is 5.57 Å². The predicted molar refractivity (Wildman–Crippen MR) is 92.3 cm³/mol. The van der Waals surface area contributed by atoms with E-state index in [2.05, 4.69) is 69.4 Å². The molecule has 3 unspecified atom stereocenters. The van der Waals surface area contributed by atoms with E-state index in [4.69, 9.17) is 0 Å². The van der Waals surface area contributed by atoms with Gasteiger partial charge in [-0.25, -0.2) is 0 Å². The topological polar surface area (TPSA) is 12.0 Å². The summed E-state index contributed by atoms with van der Waals surface area (Å²) in [6.07, 6.45) is 6.24. The lowest BCUT2D eigenvalue weighted by atomic mass is 9.83. The maximum absolute atomic E-state index is 3.85. The second-order valence-electron chi connectivity index (χ2n) is 7.30. The van der Waals surface area contributed by atoms with Crippen LogP contribution in [0.15, 0.2) is 42.0 Å². The van der Waals surface area contributed by atoms with E-state index in [1.807, 2.05) is 0 Å². The molecule has 1 aliphatic rings. The first-order valence-electron chi connectivity index (χ1n) is 8.50. The van der Waals surface area contributed by atoms with Gasteiger partial charge in [0.05, 0.1) is 0 Å². The molecular formula is C20H31N. The van der Waals surface area contributed by atoms with Gasteiger partial charge in [0.15, 0.2) is 0 Å². The zero-order valence-corrected chi connectivity index (χ0v) is 14.1. The fourth-order valence-electron chi connectivity index (χ4n) is 3.64. The molecule has 1 aromatic rings. The van der Waals surface area contributed by atoms with Crippen molar-refractivity contribution >= 4 is 0 Å². The Labute approximate surface area is 130 Å². The molecule has 1 nitrogen and oxygen atoms in total. The van der Waals surface area contributed by atoms with E-state index in [-0.39, 0.29) is 0 Å². The van der Waals surface area contributed by atoms with Crippen molar-refractivity contribution < 1.29 is 0 Å². The minimum Gasteiger partial charge on any atom is -0.310 e. The Morgan fingerprint density at radius 2 is 1.90 bits per heavy atom. The van der Waals surface area contributed by atoms with Crippen molar-refractivity contribution in [3.8, 4) is 0 Å². The van der Waals surface area contributed by atoms with Gasteiger partial charge in [-0.3, -0.25) is 0 Å². The maximum atomic E-state index is 3.85.